The van der Waals surface area contributed by atoms with Gasteiger partial charge in [0.05, 0.1) is 23.7 Å². The quantitative estimate of drug-likeness (QED) is 0.479. The molecule has 0 bridgehead atoms. The zero-order chi connectivity index (χ0) is 17.4. The highest BCUT2D eigenvalue weighted by molar-refractivity contribution is 7.13. The lowest BCUT2D eigenvalue weighted by molar-refractivity contribution is -0.144. The Bertz CT molecular complexity index is 657. The van der Waals surface area contributed by atoms with E-state index in [0.717, 1.165) is 17.0 Å². The molecule has 6 heteroatoms. The third kappa shape index (κ3) is 6.23. The molecule has 0 aliphatic rings. The molecule has 0 saturated heterocycles. The van der Waals surface area contributed by atoms with Gasteiger partial charge in [0.1, 0.15) is 11.6 Å². The first-order chi connectivity index (χ1) is 11.6. The van der Waals surface area contributed by atoms with E-state index >= 15 is 0 Å². The molecule has 0 amide bonds. The van der Waals surface area contributed by atoms with E-state index in [2.05, 4.69) is 18.8 Å². The predicted molar refractivity (Wildman–Crippen MR) is 97.5 cm³/mol. The topological polar surface area (TPSA) is 48.4 Å². The molecule has 1 aromatic heterocycles. The van der Waals surface area contributed by atoms with Crippen LogP contribution in [0.3, 0.4) is 0 Å². The molecule has 0 saturated carbocycles. The van der Waals surface area contributed by atoms with Gasteiger partial charge in [-0.3, -0.25) is 4.79 Å². The van der Waals surface area contributed by atoms with Gasteiger partial charge < -0.3 is 9.47 Å². The molecule has 0 atom stereocenters. The van der Waals surface area contributed by atoms with Crippen LogP contribution in [-0.4, -0.2) is 30.8 Å². The number of nitrogens with zero attached hydrogens (tertiary/aromatic N) is 1. The van der Waals surface area contributed by atoms with Crippen molar-refractivity contribution in [2.24, 2.45) is 5.92 Å². The van der Waals surface area contributed by atoms with E-state index in [1.54, 1.807) is 0 Å². The van der Waals surface area contributed by atoms with E-state index in [1.807, 2.05) is 29.6 Å². The lowest BCUT2D eigenvalue weighted by Crippen LogP contribution is -2.13. The summed E-state index contributed by atoms with van der Waals surface area (Å²) in [5, 5.41) is 3.32. The number of carbonyl (C=O) groups is 1. The summed E-state index contributed by atoms with van der Waals surface area (Å²) in [5.41, 5.74) is 1.57. The Morgan fingerprint density at radius 3 is 2.79 bits per heavy atom. The van der Waals surface area contributed by atoms with Crippen molar-refractivity contribution < 1.29 is 14.3 Å². The van der Waals surface area contributed by atoms with Crippen LogP contribution in [0.4, 0.5) is 0 Å². The molecule has 2 rings (SSSR count). The van der Waals surface area contributed by atoms with Gasteiger partial charge in [-0.25, -0.2) is 4.98 Å². The second kappa shape index (κ2) is 9.77. The Kier molecular flexibility index (Phi) is 7.69. The summed E-state index contributed by atoms with van der Waals surface area (Å²) in [6, 6.07) is 7.53. The van der Waals surface area contributed by atoms with E-state index in [0.29, 0.717) is 29.8 Å². The van der Waals surface area contributed by atoms with Gasteiger partial charge in [0, 0.05) is 17.6 Å². The summed E-state index contributed by atoms with van der Waals surface area (Å²) in [4.78, 5) is 16.3. The molecule has 0 radical (unpaired) electrons. The summed E-state index contributed by atoms with van der Waals surface area (Å²) >= 11 is 7.63. The minimum absolute atomic E-state index is 0.160. The molecule has 2 aromatic rings. The number of halogens is 1. The van der Waals surface area contributed by atoms with Gasteiger partial charge in [-0.2, -0.15) is 0 Å². The highest BCUT2D eigenvalue weighted by Crippen LogP contribution is 2.30. The largest absolute Gasteiger partial charge is 0.463 e. The molecular formula is C18H22ClNO3S. The third-order valence-corrected chi connectivity index (χ3v) is 4.57. The van der Waals surface area contributed by atoms with Crippen LogP contribution in [0, 0.1) is 5.92 Å². The van der Waals surface area contributed by atoms with E-state index in [1.165, 1.54) is 11.3 Å². The number of rotatable bonds is 9. The lowest BCUT2D eigenvalue weighted by atomic mass is 10.1. The van der Waals surface area contributed by atoms with Crippen molar-refractivity contribution in [3.05, 3.63) is 40.4 Å². The first-order valence-electron chi connectivity index (χ1n) is 7.99. The number of thiazole rings is 1. The molecule has 130 valence electrons. The van der Waals surface area contributed by atoms with Gasteiger partial charge in [0.15, 0.2) is 0 Å². The minimum atomic E-state index is -0.293. The van der Waals surface area contributed by atoms with Crippen molar-refractivity contribution in [3.63, 3.8) is 0 Å². The zero-order valence-corrected chi connectivity index (χ0v) is 15.5. The van der Waals surface area contributed by atoms with Crippen molar-refractivity contribution >= 4 is 28.9 Å². The van der Waals surface area contributed by atoms with E-state index in [9.17, 15) is 4.79 Å². The van der Waals surface area contributed by atoms with Crippen LogP contribution < -0.4 is 0 Å². The molecule has 0 fully saturated rings. The summed E-state index contributed by atoms with van der Waals surface area (Å²) in [5.74, 6) is 0.322. The average molecular weight is 368 g/mol. The Hall–Kier alpha value is -1.43. The summed E-state index contributed by atoms with van der Waals surface area (Å²) < 4.78 is 10.6. The fourth-order valence-electron chi connectivity index (χ4n) is 1.98. The van der Waals surface area contributed by atoms with Crippen LogP contribution in [0.15, 0.2) is 29.6 Å². The molecule has 1 aromatic carbocycles. The number of aromatic nitrogens is 1. The number of hydrogen-bond donors (Lipinski definition) is 0. The number of ether oxygens (including phenoxy) is 2. The first-order valence-corrected chi connectivity index (χ1v) is 9.24. The van der Waals surface area contributed by atoms with Crippen molar-refractivity contribution in [1.29, 1.82) is 0 Å². The zero-order valence-electron chi connectivity index (χ0n) is 14.0. The Balaban J connectivity index is 1.74. The average Bonchev–Trinajstić information content (AvgIpc) is 2.99. The number of carbonyl (C=O) groups excluding carboxylic acids is 1. The molecule has 0 aliphatic heterocycles. The maximum absolute atomic E-state index is 11.8. The lowest BCUT2D eigenvalue weighted by Gasteiger charge is -2.07. The highest BCUT2D eigenvalue weighted by atomic mass is 35.5. The van der Waals surface area contributed by atoms with Gasteiger partial charge in [-0.1, -0.05) is 43.6 Å². The molecule has 0 aliphatic carbocycles. The van der Waals surface area contributed by atoms with E-state index < -0.39 is 0 Å². The molecule has 0 spiro atoms. The van der Waals surface area contributed by atoms with Crippen molar-refractivity contribution in [2.75, 3.05) is 19.8 Å². The van der Waals surface area contributed by atoms with Gasteiger partial charge in [-0.15, -0.1) is 11.3 Å². The molecule has 1 heterocycles. The van der Waals surface area contributed by atoms with Crippen LogP contribution in [0.5, 0.6) is 0 Å². The smallest absolute Gasteiger partial charge is 0.311 e. The first kappa shape index (κ1) is 18.9. The second-order valence-corrected chi connectivity index (χ2v) is 7.08. The fourth-order valence-corrected chi connectivity index (χ4v) is 3.12. The Labute approximate surface area is 151 Å². The van der Waals surface area contributed by atoms with E-state index in [-0.39, 0.29) is 19.0 Å². The predicted octanol–water partition coefficient (Wildman–Crippen LogP) is 4.61. The number of hydrogen-bond acceptors (Lipinski definition) is 5. The highest BCUT2D eigenvalue weighted by Gasteiger charge is 2.11. The number of benzene rings is 1. The molecule has 0 unspecified atom stereocenters. The Morgan fingerprint density at radius 2 is 2.04 bits per heavy atom. The van der Waals surface area contributed by atoms with Crippen molar-refractivity contribution in [3.8, 4) is 10.6 Å². The number of esters is 1. The SMILES string of the molecule is CC(C)CCOCCOC(=O)Cc1csc(-c2ccccc2Cl)n1. The molecule has 24 heavy (non-hydrogen) atoms. The maximum Gasteiger partial charge on any atom is 0.311 e. The van der Waals surface area contributed by atoms with Gasteiger partial charge in [-0.05, 0) is 18.4 Å². The van der Waals surface area contributed by atoms with Crippen LogP contribution in [0.2, 0.25) is 5.02 Å². The van der Waals surface area contributed by atoms with Gasteiger partial charge >= 0.3 is 5.97 Å². The Morgan fingerprint density at radius 1 is 1.25 bits per heavy atom. The molecule has 4 nitrogen and oxygen atoms in total. The monoisotopic (exact) mass is 367 g/mol. The molecule has 0 N–H and O–H groups in total. The standard InChI is InChI=1S/C18H22ClNO3S/c1-13(2)7-8-22-9-10-23-17(21)11-14-12-24-18(20-14)15-5-3-4-6-16(15)19/h3-6,12-13H,7-11H2,1-2H3. The summed E-state index contributed by atoms with van der Waals surface area (Å²) in [6.07, 6.45) is 1.17. The van der Waals surface area contributed by atoms with Crippen LogP contribution >= 0.6 is 22.9 Å². The normalized spacial score (nSPS) is 11.0. The van der Waals surface area contributed by atoms with Gasteiger partial charge in [0.25, 0.3) is 0 Å². The minimum Gasteiger partial charge on any atom is -0.463 e. The fraction of sp³-hybridized carbons (Fsp3) is 0.444. The van der Waals surface area contributed by atoms with E-state index in [4.69, 9.17) is 21.1 Å². The van der Waals surface area contributed by atoms with Gasteiger partial charge in [0.2, 0.25) is 0 Å². The van der Waals surface area contributed by atoms with Crippen molar-refractivity contribution in [2.45, 2.75) is 26.7 Å². The van der Waals surface area contributed by atoms with Crippen LogP contribution in [0.25, 0.3) is 10.6 Å². The summed E-state index contributed by atoms with van der Waals surface area (Å²) in [7, 11) is 0. The third-order valence-electron chi connectivity index (χ3n) is 3.31. The van der Waals surface area contributed by atoms with Crippen molar-refractivity contribution in [1.82, 2.24) is 4.98 Å². The summed E-state index contributed by atoms with van der Waals surface area (Å²) in [6.45, 7) is 5.70. The van der Waals surface area contributed by atoms with Crippen LogP contribution in [-0.2, 0) is 20.7 Å². The molecular weight excluding hydrogens is 346 g/mol. The second-order valence-electron chi connectivity index (χ2n) is 5.82. The van der Waals surface area contributed by atoms with Crippen LogP contribution in [0.1, 0.15) is 26.0 Å². The maximum atomic E-state index is 11.8.